The lowest BCUT2D eigenvalue weighted by molar-refractivity contribution is -0.136. The predicted molar refractivity (Wildman–Crippen MR) is 139 cm³/mol. The average Bonchev–Trinajstić information content (AvgIpc) is 3.48. The van der Waals surface area contributed by atoms with Crippen molar-refractivity contribution < 1.29 is 14.3 Å². The molecule has 2 aromatic rings. The minimum atomic E-state index is -0.393. The maximum Gasteiger partial charge on any atom is 0.338 e. The van der Waals surface area contributed by atoms with Gasteiger partial charge < -0.3 is 15.0 Å². The topological polar surface area (TPSA) is 71.0 Å². The first kappa shape index (κ1) is 24.3. The van der Waals surface area contributed by atoms with Crippen molar-refractivity contribution in [2.24, 2.45) is 4.99 Å². The maximum absolute atomic E-state index is 13.0. The molecule has 178 valence electrons. The SMILES string of the molecule is CCC1=C(C(=O)OC)C(c2ccc(C)cc2C)N2C(CC(=O)NCCc3cccs3)=CSC2=N1. The molecule has 1 atom stereocenters. The molecule has 0 spiro atoms. The molecule has 1 aromatic carbocycles. The Morgan fingerprint density at radius 3 is 2.74 bits per heavy atom. The molecule has 0 aliphatic carbocycles. The fraction of sp³-hybridized carbons (Fsp3) is 0.346. The zero-order chi connectivity index (χ0) is 24.2. The summed E-state index contributed by atoms with van der Waals surface area (Å²) in [6, 6.07) is 9.93. The smallest absolute Gasteiger partial charge is 0.338 e. The lowest BCUT2D eigenvalue weighted by Gasteiger charge is -2.37. The number of benzene rings is 1. The summed E-state index contributed by atoms with van der Waals surface area (Å²) in [4.78, 5) is 33.9. The van der Waals surface area contributed by atoms with Crippen LogP contribution in [0.25, 0.3) is 0 Å². The highest BCUT2D eigenvalue weighted by Gasteiger charge is 2.41. The average molecular weight is 496 g/mol. The molecule has 1 unspecified atom stereocenters. The molecule has 2 aliphatic rings. The van der Waals surface area contributed by atoms with Gasteiger partial charge in [-0.05, 0) is 54.7 Å². The number of esters is 1. The van der Waals surface area contributed by atoms with Crippen molar-refractivity contribution in [3.63, 3.8) is 0 Å². The molecule has 0 bridgehead atoms. The van der Waals surface area contributed by atoms with Gasteiger partial charge in [-0.15, -0.1) is 11.3 Å². The number of ether oxygens (including phenoxy) is 1. The number of carbonyl (C=O) groups is 2. The van der Waals surface area contributed by atoms with Crippen molar-refractivity contribution in [3.05, 3.63) is 79.7 Å². The molecule has 1 N–H and O–H groups in total. The number of rotatable bonds is 8. The number of aryl methyl sites for hydroxylation is 2. The largest absolute Gasteiger partial charge is 0.466 e. The summed E-state index contributed by atoms with van der Waals surface area (Å²) in [7, 11) is 1.40. The van der Waals surface area contributed by atoms with Crippen LogP contribution in [0.15, 0.2) is 63.1 Å². The minimum Gasteiger partial charge on any atom is -0.466 e. The summed E-state index contributed by atoms with van der Waals surface area (Å²) in [5, 5.41) is 7.83. The van der Waals surface area contributed by atoms with Crippen molar-refractivity contribution in [2.75, 3.05) is 13.7 Å². The van der Waals surface area contributed by atoms with E-state index >= 15 is 0 Å². The third kappa shape index (κ3) is 4.98. The summed E-state index contributed by atoms with van der Waals surface area (Å²) in [6.07, 6.45) is 1.64. The minimum absolute atomic E-state index is 0.0473. The molecular weight excluding hydrogens is 466 g/mol. The zero-order valence-electron chi connectivity index (χ0n) is 19.9. The highest BCUT2D eigenvalue weighted by atomic mass is 32.2. The Hall–Kier alpha value is -2.84. The molecule has 8 heteroatoms. The monoisotopic (exact) mass is 495 g/mol. The van der Waals surface area contributed by atoms with E-state index in [0.717, 1.165) is 39.7 Å². The molecule has 1 aromatic heterocycles. The number of aliphatic imine (C=N–C) groups is 1. The van der Waals surface area contributed by atoms with Gasteiger partial charge in [-0.2, -0.15) is 0 Å². The van der Waals surface area contributed by atoms with Gasteiger partial charge in [-0.3, -0.25) is 4.79 Å². The van der Waals surface area contributed by atoms with E-state index in [1.165, 1.54) is 23.7 Å². The molecule has 3 heterocycles. The first-order valence-electron chi connectivity index (χ1n) is 11.3. The summed E-state index contributed by atoms with van der Waals surface area (Å²) in [5.74, 6) is -0.435. The highest BCUT2D eigenvalue weighted by molar-refractivity contribution is 8.16. The lowest BCUT2D eigenvalue weighted by Crippen LogP contribution is -2.38. The number of nitrogens with one attached hydrogen (secondary N) is 1. The Morgan fingerprint density at radius 1 is 1.24 bits per heavy atom. The van der Waals surface area contributed by atoms with Gasteiger partial charge in [0, 0.05) is 17.1 Å². The molecule has 2 aliphatic heterocycles. The molecule has 1 amide bonds. The summed E-state index contributed by atoms with van der Waals surface area (Å²) < 4.78 is 5.19. The first-order valence-corrected chi connectivity index (χ1v) is 13.1. The van der Waals surface area contributed by atoms with Gasteiger partial charge >= 0.3 is 5.97 Å². The van der Waals surface area contributed by atoms with E-state index in [1.807, 2.05) is 28.7 Å². The highest BCUT2D eigenvalue weighted by Crippen LogP contribution is 2.46. The van der Waals surface area contributed by atoms with Crippen LogP contribution in [0.5, 0.6) is 0 Å². The third-order valence-corrected chi connectivity index (χ3v) is 7.79. The van der Waals surface area contributed by atoms with Crippen LogP contribution >= 0.6 is 23.1 Å². The fourth-order valence-corrected chi connectivity index (χ4v) is 5.99. The number of thiophene rings is 1. The molecule has 34 heavy (non-hydrogen) atoms. The second-order valence-corrected chi connectivity index (χ2v) is 10.2. The van der Waals surface area contributed by atoms with E-state index in [-0.39, 0.29) is 18.3 Å². The van der Waals surface area contributed by atoms with Gasteiger partial charge in [0.15, 0.2) is 5.17 Å². The van der Waals surface area contributed by atoms with Crippen LogP contribution in [0.4, 0.5) is 0 Å². The second-order valence-electron chi connectivity index (χ2n) is 8.32. The van der Waals surface area contributed by atoms with Crippen molar-refractivity contribution in [1.29, 1.82) is 0 Å². The van der Waals surface area contributed by atoms with Crippen LogP contribution in [-0.4, -0.2) is 35.6 Å². The molecule has 4 rings (SSSR count). The number of methoxy groups -OCH3 is 1. The molecule has 0 radical (unpaired) electrons. The van der Waals surface area contributed by atoms with Crippen molar-refractivity contribution in [2.45, 2.75) is 46.1 Å². The van der Waals surface area contributed by atoms with Crippen molar-refractivity contribution in [1.82, 2.24) is 10.2 Å². The Bertz CT molecular complexity index is 1180. The van der Waals surface area contributed by atoms with Gasteiger partial charge in [0.05, 0.1) is 30.8 Å². The number of allylic oxidation sites excluding steroid dienone is 1. The number of hydrogen-bond donors (Lipinski definition) is 1. The number of amidine groups is 1. The Kier molecular flexibility index (Phi) is 7.58. The number of nitrogens with zero attached hydrogens (tertiary/aromatic N) is 2. The fourth-order valence-electron chi connectivity index (χ4n) is 4.35. The van der Waals surface area contributed by atoms with Gasteiger partial charge in [-0.1, -0.05) is 48.5 Å². The number of fused-ring (bicyclic) bond motifs is 1. The van der Waals surface area contributed by atoms with E-state index in [4.69, 9.17) is 9.73 Å². The van der Waals surface area contributed by atoms with Crippen molar-refractivity contribution in [3.8, 4) is 0 Å². The quantitative estimate of drug-likeness (QED) is 0.507. The number of thioether (sulfide) groups is 1. The lowest BCUT2D eigenvalue weighted by atomic mass is 9.89. The summed E-state index contributed by atoms with van der Waals surface area (Å²) >= 11 is 3.19. The van der Waals surface area contributed by atoms with Crippen LogP contribution in [0, 0.1) is 13.8 Å². The van der Waals surface area contributed by atoms with Gasteiger partial charge in [-0.25, -0.2) is 9.79 Å². The van der Waals surface area contributed by atoms with Crippen LogP contribution in [0.1, 0.15) is 47.4 Å². The summed E-state index contributed by atoms with van der Waals surface area (Å²) in [5.41, 5.74) is 5.34. The first-order chi connectivity index (χ1) is 16.4. The van der Waals surface area contributed by atoms with E-state index < -0.39 is 6.04 Å². The van der Waals surface area contributed by atoms with E-state index in [9.17, 15) is 9.59 Å². The van der Waals surface area contributed by atoms with E-state index in [1.54, 1.807) is 11.3 Å². The third-order valence-electron chi connectivity index (χ3n) is 5.96. The molecule has 6 nitrogen and oxygen atoms in total. The Morgan fingerprint density at radius 2 is 2.06 bits per heavy atom. The molecule has 0 fully saturated rings. The number of hydrogen-bond acceptors (Lipinski definition) is 7. The maximum atomic E-state index is 13.0. The molecule has 0 saturated heterocycles. The van der Waals surface area contributed by atoms with Crippen molar-refractivity contribution >= 4 is 40.1 Å². The second kappa shape index (κ2) is 10.6. The zero-order valence-corrected chi connectivity index (χ0v) is 21.5. The van der Waals surface area contributed by atoms with E-state index in [0.29, 0.717) is 18.5 Å². The summed E-state index contributed by atoms with van der Waals surface area (Å²) in [6.45, 7) is 6.69. The van der Waals surface area contributed by atoms with E-state index in [2.05, 4.69) is 43.4 Å². The van der Waals surface area contributed by atoms with Gasteiger partial charge in [0.1, 0.15) is 0 Å². The Labute approximate surface area is 208 Å². The Balaban J connectivity index is 1.62. The van der Waals surface area contributed by atoms with Crippen LogP contribution < -0.4 is 5.32 Å². The molecular formula is C26H29N3O3S2. The van der Waals surface area contributed by atoms with Gasteiger partial charge in [0.2, 0.25) is 5.91 Å². The number of amides is 1. The standard InChI is InChI=1S/C26H29N3O3S2/c1-5-21-23(25(31)32-4)24(20-9-8-16(2)13-17(20)3)29-18(15-34-26(29)28-21)14-22(30)27-11-10-19-7-6-12-33-19/h6-9,12-13,15,24H,5,10-11,14H2,1-4H3,(H,27,30). The molecule has 0 saturated carbocycles. The number of carbonyl (C=O) groups excluding carboxylic acids is 2. The van der Waals surface area contributed by atoms with Gasteiger partial charge in [0.25, 0.3) is 0 Å². The van der Waals surface area contributed by atoms with Crippen LogP contribution in [-0.2, 0) is 20.7 Å². The predicted octanol–water partition coefficient (Wildman–Crippen LogP) is 5.25. The normalized spacial score (nSPS) is 17.3. The van der Waals surface area contributed by atoms with Crippen LogP contribution in [0.3, 0.4) is 0 Å². The van der Waals surface area contributed by atoms with Crippen LogP contribution in [0.2, 0.25) is 0 Å².